The maximum absolute atomic E-state index is 15.3. The number of aromatic nitrogens is 4. The highest BCUT2D eigenvalue weighted by Crippen LogP contribution is 2.47. The highest BCUT2D eigenvalue weighted by molar-refractivity contribution is 7.20. The van der Waals surface area contributed by atoms with Gasteiger partial charge in [0.1, 0.15) is 33.3 Å². The van der Waals surface area contributed by atoms with Gasteiger partial charge in [0.05, 0.1) is 63.0 Å². The van der Waals surface area contributed by atoms with Gasteiger partial charge in [-0.2, -0.15) is 36.6 Å². The molecule has 0 aliphatic rings. The molecule has 0 fully saturated rings. The number of ether oxygens (including phenoxy) is 4. The Morgan fingerprint density at radius 3 is 1.05 bits per heavy atom. The molecule has 4 heterocycles. The van der Waals surface area contributed by atoms with Gasteiger partial charge < -0.3 is 49.6 Å². The van der Waals surface area contributed by atoms with Gasteiger partial charge in [-0.05, 0) is 125 Å². The molecular weight excluding hydrogens is 1360 g/mol. The van der Waals surface area contributed by atoms with E-state index in [1.165, 1.54) is 50.6 Å². The number of thiophene rings is 2. The summed E-state index contributed by atoms with van der Waals surface area (Å²) >= 11 is 2.09. The fourth-order valence-corrected chi connectivity index (χ4v) is 11.1. The Hall–Kier alpha value is -10.7. The zero-order chi connectivity index (χ0) is 72.3. The van der Waals surface area contributed by atoms with Crippen LogP contribution in [0.2, 0.25) is 0 Å². The largest absolute Gasteiger partial charge is 0.490 e. The van der Waals surface area contributed by atoms with E-state index in [4.69, 9.17) is 38.7 Å². The van der Waals surface area contributed by atoms with Crippen molar-refractivity contribution < 1.29 is 102 Å². The lowest BCUT2D eigenvalue weighted by molar-refractivity contribution is -0.193. The molecule has 4 aromatic heterocycles. The molecule has 24 nitrogen and oxygen atoms in total. The number of benzene rings is 4. The Labute approximate surface area is 558 Å². The molecule has 0 spiro atoms. The van der Waals surface area contributed by atoms with Gasteiger partial charge in [-0.1, -0.05) is 36.4 Å². The number of halogens is 10. The second-order valence-electron chi connectivity index (χ2n) is 20.4. The van der Waals surface area contributed by atoms with Crippen LogP contribution in [0.1, 0.15) is 56.8 Å². The zero-order valence-corrected chi connectivity index (χ0v) is 54.3. The van der Waals surface area contributed by atoms with Crippen LogP contribution in [0.5, 0.6) is 11.8 Å². The van der Waals surface area contributed by atoms with E-state index in [1.54, 1.807) is 90.6 Å². The molecule has 0 radical (unpaired) electrons. The SMILES string of the molecule is CCOC(=O)N(Cc1c(F)cccc1F)c1sc(-c2ccc(N=Nc3ccc(-c4sc(N(Cc5c(F)cccc5F)C(=O)OCC)c(C(=O)Nc5ccc(OC)nn5)c4CN(C)C)cc3)cc2)c(CN(C)C)c1C(=O)Nc1ccc(OC)nn1.O=C(O)C(F)(F)F.O=C(O)C(F)(F)F. The van der Waals surface area contributed by atoms with Gasteiger partial charge in [0.25, 0.3) is 11.8 Å². The maximum Gasteiger partial charge on any atom is 0.490 e. The summed E-state index contributed by atoms with van der Waals surface area (Å²) in [5, 5.41) is 44.8. The summed E-state index contributed by atoms with van der Waals surface area (Å²) in [7, 11) is 10.0. The number of amides is 4. The summed E-state index contributed by atoms with van der Waals surface area (Å²) in [4.78, 5) is 81.5. The molecule has 0 aliphatic heterocycles. The van der Waals surface area contributed by atoms with Gasteiger partial charge in [-0.3, -0.25) is 19.4 Å². The number of rotatable bonds is 22. The van der Waals surface area contributed by atoms with Crippen LogP contribution in [0.3, 0.4) is 0 Å². The Balaban J connectivity index is 0.000000976. The molecule has 0 unspecified atom stereocenters. The first kappa shape index (κ1) is 76.3. The lowest BCUT2D eigenvalue weighted by atomic mass is 10.0. The molecule has 520 valence electrons. The molecule has 4 N–H and O–H groups in total. The number of aliphatic carboxylic acids is 2. The van der Waals surface area contributed by atoms with Crippen LogP contribution in [0.25, 0.3) is 20.9 Å². The van der Waals surface area contributed by atoms with E-state index in [1.807, 2.05) is 9.80 Å². The lowest BCUT2D eigenvalue weighted by Crippen LogP contribution is -2.33. The van der Waals surface area contributed by atoms with Gasteiger partial charge in [-0.15, -0.1) is 43.1 Å². The zero-order valence-electron chi connectivity index (χ0n) is 52.7. The quantitative estimate of drug-likeness (QED) is 0.0362. The number of anilines is 4. The number of carboxylic acid groups (broad SMARTS) is 2. The second-order valence-corrected chi connectivity index (χ2v) is 22.4. The van der Waals surface area contributed by atoms with Crippen molar-refractivity contribution in [3.05, 3.63) is 166 Å². The van der Waals surface area contributed by atoms with Crippen molar-refractivity contribution in [2.24, 2.45) is 10.2 Å². The van der Waals surface area contributed by atoms with Crippen molar-refractivity contribution in [3.8, 4) is 32.6 Å². The molecule has 0 aliphatic carbocycles. The van der Waals surface area contributed by atoms with E-state index in [0.717, 1.165) is 56.7 Å². The molecule has 0 atom stereocenters. The van der Waals surface area contributed by atoms with Crippen molar-refractivity contribution in [1.82, 2.24) is 30.2 Å². The molecule has 0 bridgehead atoms. The van der Waals surface area contributed by atoms with Crippen LogP contribution in [0.4, 0.5) is 86.5 Å². The average molecular weight is 1420 g/mol. The predicted octanol–water partition coefficient (Wildman–Crippen LogP) is 13.9. The van der Waals surface area contributed by atoms with Crippen LogP contribution in [0.15, 0.2) is 119 Å². The lowest BCUT2D eigenvalue weighted by Gasteiger charge is -2.23. The van der Waals surface area contributed by atoms with Gasteiger partial charge in [0.2, 0.25) is 11.8 Å². The first-order valence-electron chi connectivity index (χ1n) is 28.3. The topological polar surface area (TPSA) is 293 Å². The van der Waals surface area contributed by atoms with Gasteiger partial charge >= 0.3 is 36.5 Å². The molecule has 4 aromatic carbocycles. The number of nitrogens with zero attached hydrogens (tertiary/aromatic N) is 10. The minimum Gasteiger partial charge on any atom is -0.480 e. The molecule has 0 saturated carbocycles. The smallest absolute Gasteiger partial charge is 0.480 e. The number of hydrogen-bond donors (Lipinski definition) is 4. The van der Waals surface area contributed by atoms with Crippen LogP contribution in [-0.4, -0.2) is 144 Å². The number of alkyl halides is 6. The van der Waals surface area contributed by atoms with E-state index in [2.05, 4.69) is 41.3 Å². The number of nitrogens with one attached hydrogen (secondary N) is 2. The van der Waals surface area contributed by atoms with Gasteiger partial charge in [0, 0.05) is 46.1 Å². The Morgan fingerprint density at radius 2 is 0.796 bits per heavy atom. The Morgan fingerprint density at radius 1 is 0.480 bits per heavy atom. The van der Waals surface area contributed by atoms with E-state index in [-0.39, 0.29) is 70.8 Å². The minimum absolute atomic E-state index is 0.0168. The van der Waals surface area contributed by atoms with E-state index < -0.39 is 95.8 Å². The summed E-state index contributed by atoms with van der Waals surface area (Å²) in [5.74, 6) is -10.0. The molecule has 36 heteroatoms. The number of carbonyl (C=O) groups is 6. The first-order chi connectivity index (χ1) is 46.3. The molecule has 8 aromatic rings. The summed E-state index contributed by atoms with van der Waals surface area (Å²) in [6, 6.07) is 26.5. The monoisotopic (exact) mass is 1420 g/mol. The number of azo groups is 1. The molecule has 0 saturated heterocycles. The van der Waals surface area contributed by atoms with E-state index in [0.29, 0.717) is 43.4 Å². The third-order valence-corrected chi connectivity index (χ3v) is 15.4. The van der Waals surface area contributed by atoms with Crippen LogP contribution >= 0.6 is 22.7 Å². The van der Waals surface area contributed by atoms with Crippen molar-refractivity contribution in [2.45, 2.75) is 52.4 Å². The first-order valence-corrected chi connectivity index (χ1v) is 29.9. The highest BCUT2D eigenvalue weighted by atomic mass is 32.1. The van der Waals surface area contributed by atoms with Crippen molar-refractivity contribution in [3.63, 3.8) is 0 Å². The third-order valence-electron chi connectivity index (χ3n) is 12.8. The van der Waals surface area contributed by atoms with Crippen molar-refractivity contribution in [1.29, 1.82) is 0 Å². The maximum atomic E-state index is 15.3. The molecule has 98 heavy (non-hydrogen) atoms. The van der Waals surface area contributed by atoms with Crippen molar-refractivity contribution >= 4 is 91.6 Å². The third kappa shape index (κ3) is 20.4. The summed E-state index contributed by atoms with van der Waals surface area (Å²) in [6.45, 7) is 2.08. The molecule has 8 rings (SSSR count). The van der Waals surface area contributed by atoms with Gasteiger partial charge in [0.15, 0.2) is 11.6 Å². The summed E-state index contributed by atoms with van der Waals surface area (Å²) < 4.78 is 146. The fraction of sp³-hybridized carbons (Fsp3) is 0.258. The van der Waals surface area contributed by atoms with E-state index >= 15 is 17.6 Å². The minimum atomic E-state index is -5.08. The van der Waals surface area contributed by atoms with Gasteiger partial charge in [-0.25, -0.2) is 36.7 Å². The number of hydrogen-bond acceptors (Lipinski definition) is 20. The predicted molar refractivity (Wildman–Crippen MR) is 338 cm³/mol. The Bertz CT molecular complexity index is 3840. The second kappa shape index (κ2) is 34.3. The summed E-state index contributed by atoms with van der Waals surface area (Å²) in [6.07, 6.45) is -12.1. The standard InChI is InChI=1S/C58H56F4N12O8S2.2C2HF3O2/c1-9-81-57(77)73(31-37-41(59)13-11-14-42(37)60)55-49(53(75)63-45-25-27-47(79-7)69-67-45)39(29-71(3)4)51(83-55)33-17-21-35(22-18-33)65-66-36-23-19-34(20-24-36)52-40(30-72(5)6)50(54(76)64-46-26-28-48(80-8)70-68-46)56(84-52)74(58(78)82-10-2)32-38-43(61)15-12-16-44(38)62;2*3-2(4,5)1(6)7/h11-28H,9-10,29-32H2,1-8H3,(H,63,67,75)(H,64,68,76);2*(H,6,7). The van der Waals surface area contributed by atoms with Crippen LogP contribution in [0, 0.1) is 23.3 Å². The molecular formula is C62H58F10N12O12S2. The van der Waals surface area contributed by atoms with E-state index in [9.17, 15) is 45.5 Å². The highest BCUT2D eigenvalue weighted by Gasteiger charge is 2.40. The van der Waals surface area contributed by atoms with Crippen LogP contribution in [-0.2, 0) is 45.2 Å². The fourth-order valence-electron chi connectivity index (χ4n) is 8.50. The molecule has 4 amide bonds. The number of carbonyl (C=O) groups excluding carboxylic acids is 4. The Kier molecular flexibility index (Phi) is 26.7. The average Bonchev–Trinajstić information content (AvgIpc) is 1.49. The van der Waals surface area contributed by atoms with Crippen LogP contribution < -0.4 is 29.9 Å². The summed E-state index contributed by atoms with van der Waals surface area (Å²) in [5.41, 5.74) is 2.16. The normalized spacial score (nSPS) is 11.3. The van der Waals surface area contributed by atoms with Crippen molar-refractivity contribution in [2.75, 3.05) is 76.1 Å². The number of methoxy groups -OCH3 is 2. The number of carboxylic acids is 2.